The molecule has 0 bridgehead atoms. The van der Waals surface area contributed by atoms with Gasteiger partial charge in [0.15, 0.2) is 0 Å². The number of halogens is 6. The van der Waals surface area contributed by atoms with E-state index in [1.807, 2.05) is 0 Å². The van der Waals surface area contributed by atoms with Crippen molar-refractivity contribution in [3.05, 3.63) is 118 Å². The fourth-order valence-electron chi connectivity index (χ4n) is 4.28. The van der Waals surface area contributed by atoms with Crippen molar-refractivity contribution in [2.24, 2.45) is 0 Å². The number of benzene rings is 4. The van der Waals surface area contributed by atoms with Gasteiger partial charge in [0.2, 0.25) is 5.41 Å². The number of hydrogen-bond acceptors (Lipinski definition) is 4. The highest BCUT2D eigenvalue weighted by Gasteiger charge is 2.74. The summed E-state index contributed by atoms with van der Waals surface area (Å²) in [6.45, 7) is 0. The first-order chi connectivity index (χ1) is 19.3. The Morgan fingerprint density at radius 3 is 1.17 bits per heavy atom. The van der Waals surface area contributed by atoms with Gasteiger partial charge in [0.1, 0.15) is 11.5 Å². The van der Waals surface area contributed by atoms with Gasteiger partial charge in [-0.25, -0.2) is 0 Å². The lowest BCUT2D eigenvalue weighted by molar-refractivity contribution is -0.288. The standard InChI is InChI=1S/C31H20F6N2O2/c32-30(33,34)29(31(35,36)37,23-17-27(40)25(38)15-21(23)13-11-19-7-3-1-4-8-19)24-18-28(41)26(39)16-22(24)14-12-20-9-5-2-6-10-20/h1-10,15-18,40-41H,38-39H2. The second-order valence-corrected chi connectivity index (χ2v) is 8.89. The Hall–Kier alpha value is -5.22. The number of hydrogen-bond donors (Lipinski definition) is 4. The predicted octanol–water partition coefficient (Wildman–Crippen LogP) is 6.47. The zero-order valence-electron chi connectivity index (χ0n) is 20.9. The number of aromatic hydroxyl groups is 2. The van der Waals surface area contributed by atoms with E-state index in [-0.39, 0.29) is 12.1 Å². The molecule has 0 heterocycles. The molecule has 4 aromatic rings. The second kappa shape index (κ2) is 10.7. The first-order valence-electron chi connectivity index (χ1n) is 11.8. The SMILES string of the molecule is Nc1cc(C#Cc2ccccc2)c(C(c2cc(O)c(N)cc2C#Cc2ccccc2)(C(F)(F)F)C(F)(F)F)cc1O. The number of nitrogen functional groups attached to an aromatic ring is 2. The van der Waals surface area contributed by atoms with Crippen molar-refractivity contribution in [1.82, 2.24) is 0 Å². The maximum Gasteiger partial charge on any atom is 0.411 e. The lowest BCUT2D eigenvalue weighted by Gasteiger charge is -2.39. The average Bonchev–Trinajstić information content (AvgIpc) is 2.90. The van der Waals surface area contributed by atoms with Crippen molar-refractivity contribution in [2.75, 3.05) is 11.5 Å². The number of rotatable bonds is 2. The number of phenols is 2. The molecule has 208 valence electrons. The molecule has 0 radical (unpaired) electrons. The molecule has 0 unspecified atom stereocenters. The molecule has 0 aliphatic carbocycles. The van der Waals surface area contributed by atoms with E-state index in [2.05, 4.69) is 23.7 Å². The van der Waals surface area contributed by atoms with Gasteiger partial charge < -0.3 is 21.7 Å². The topological polar surface area (TPSA) is 92.5 Å². The summed E-state index contributed by atoms with van der Waals surface area (Å²) in [6.07, 6.45) is -12.2. The molecule has 10 heteroatoms. The van der Waals surface area contributed by atoms with Gasteiger partial charge in [-0.3, -0.25) is 0 Å². The van der Waals surface area contributed by atoms with Crippen LogP contribution in [-0.4, -0.2) is 22.6 Å². The summed E-state index contributed by atoms with van der Waals surface area (Å²) in [6, 6.07) is 17.7. The summed E-state index contributed by atoms with van der Waals surface area (Å²) in [5.74, 6) is 7.73. The molecule has 0 amide bonds. The highest BCUT2D eigenvalue weighted by Crippen LogP contribution is 2.59. The Labute approximate surface area is 230 Å². The van der Waals surface area contributed by atoms with Crippen LogP contribution in [0.2, 0.25) is 0 Å². The van der Waals surface area contributed by atoms with Crippen molar-refractivity contribution >= 4 is 11.4 Å². The lowest BCUT2D eigenvalue weighted by Crippen LogP contribution is -2.55. The van der Waals surface area contributed by atoms with Crippen LogP contribution in [-0.2, 0) is 5.41 Å². The molecule has 0 aliphatic rings. The van der Waals surface area contributed by atoms with Crippen LogP contribution in [0, 0.1) is 23.7 Å². The third kappa shape index (κ3) is 5.45. The summed E-state index contributed by atoms with van der Waals surface area (Å²) in [7, 11) is 0. The first kappa shape index (κ1) is 28.8. The normalized spacial score (nSPS) is 11.7. The third-order valence-corrected chi connectivity index (χ3v) is 6.22. The molecule has 4 aromatic carbocycles. The van der Waals surface area contributed by atoms with E-state index in [1.54, 1.807) is 36.4 Å². The van der Waals surface area contributed by atoms with Crippen LogP contribution in [0.1, 0.15) is 33.4 Å². The molecular formula is C31H20F6N2O2. The zero-order chi connectivity index (χ0) is 30.0. The van der Waals surface area contributed by atoms with Gasteiger partial charge in [-0.1, -0.05) is 60.1 Å². The fourth-order valence-corrected chi connectivity index (χ4v) is 4.28. The van der Waals surface area contributed by atoms with Crippen molar-refractivity contribution in [2.45, 2.75) is 17.8 Å². The minimum atomic E-state index is -6.09. The Bertz CT molecular complexity index is 1580. The Morgan fingerprint density at radius 1 is 0.512 bits per heavy atom. The van der Waals surface area contributed by atoms with Crippen LogP contribution in [0.15, 0.2) is 84.9 Å². The molecule has 41 heavy (non-hydrogen) atoms. The van der Waals surface area contributed by atoms with Gasteiger partial charge in [-0.2, -0.15) is 26.3 Å². The van der Waals surface area contributed by atoms with Gasteiger partial charge >= 0.3 is 12.4 Å². The minimum Gasteiger partial charge on any atom is -0.506 e. The highest BCUT2D eigenvalue weighted by molar-refractivity contribution is 5.69. The van der Waals surface area contributed by atoms with Crippen LogP contribution in [0.5, 0.6) is 11.5 Å². The summed E-state index contributed by atoms with van der Waals surface area (Å²) >= 11 is 0. The molecule has 0 spiro atoms. The van der Waals surface area contributed by atoms with Crippen LogP contribution in [0.3, 0.4) is 0 Å². The van der Waals surface area contributed by atoms with E-state index >= 15 is 26.3 Å². The third-order valence-electron chi connectivity index (χ3n) is 6.22. The van der Waals surface area contributed by atoms with E-state index in [9.17, 15) is 10.2 Å². The summed E-state index contributed by atoms with van der Waals surface area (Å²) < 4.78 is 90.9. The second-order valence-electron chi connectivity index (χ2n) is 8.89. The smallest absolute Gasteiger partial charge is 0.411 e. The molecule has 0 aromatic heterocycles. The number of nitrogens with two attached hydrogens (primary N) is 2. The van der Waals surface area contributed by atoms with Crippen LogP contribution in [0.4, 0.5) is 37.7 Å². The molecule has 0 aliphatic heterocycles. The molecule has 0 saturated carbocycles. The predicted molar refractivity (Wildman–Crippen MR) is 143 cm³/mol. The van der Waals surface area contributed by atoms with Crippen molar-refractivity contribution in [1.29, 1.82) is 0 Å². The van der Waals surface area contributed by atoms with Gasteiger partial charge in [-0.05, 0) is 48.5 Å². The molecule has 0 atom stereocenters. The van der Waals surface area contributed by atoms with Gasteiger partial charge in [0.05, 0.1) is 11.4 Å². The summed E-state index contributed by atoms with van der Waals surface area (Å²) in [5.41, 5.74) is 1.73. The molecule has 0 fully saturated rings. The van der Waals surface area contributed by atoms with E-state index in [0.29, 0.717) is 11.1 Å². The number of anilines is 2. The maximum atomic E-state index is 15.2. The van der Waals surface area contributed by atoms with E-state index in [4.69, 9.17) is 11.5 Å². The van der Waals surface area contributed by atoms with Gasteiger partial charge in [0.25, 0.3) is 0 Å². The van der Waals surface area contributed by atoms with Gasteiger partial charge in [-0.15, -0.1) is 0 Å². The van der Waals surface area contributed by atoms with Crippen LogP contribution < -0.4 is 11.5 Å². The van der Waals surface area contributed by atoms with E-state index < -0.39 is 62.9 Å². The molecule has 0 saturated heterocycles. The Morgan fingerprint density at radius 2 is 0.854 bits per heavy atom. The van der Waals surface area contributed by atoms with E-state index in [1.165, 1.54) is 24.3 Å². The van der Waals surface area contributed by atoms with Crippen molar-refractivity contribution < 1.29 is 36.6 Å². The average molecular weight is 567 g/mol. The highest BCUT2D eigenvalue weighted by atomic mass is 19.4. The number of phenolic OH excluding ortho intramolecular Hbond substituents is 2. The molecule has 6 N–H and O–H groups in total. The van der Waals surface area contributed by atoms with Gasteiger partial charge in [0, 0.05) is 33.4 Å². The molecule has 4 nitrogen and oxygen atoms in total. The Balaban J connectivity index is 2.16. The first-order valence-corrected chi connectivity index (χ1v) is 11.8. The molecular weight excluding hydrogens is 546 g/mol. The monoisotopic (exact) mass is 566 g/mol. The zero-order valence-corrected chi connectivity index (χ0v) is 20.9. The summed E-state index contributed by atoms with van der Waals surface area (Å²) in [5, 5.41) is 20.5. The van der Waals surface area contributed by atoms with Crippen LogP contribution >= 0.6 is 0 Å². The maximum absolute atomic E-state index is 15.2. The largest absolute Gasteiger partial charge is 0.506 e. The van der Waals surface area contributed by atoms with Crippen molar-refractivity contribution in [3.8, 4) is 35.2 Å². The Kier molecular flexibility index (Phi) is 7.54. The fraction of sp³-hybridized carbons (Fsp3) is 0.0968. The quantitative estimate of drug-likeness (QED) is 0.0969. The van der Waals surface area contributed by atoms with Crippen molar-refractivity contribution in [3.63, 3.8) is 0 Å². The lowest BCUT2D eigenvalue weighted by atomic mass is 9.69. The number of alkyl halides is 6. The summed E-state index contributed by atoms with van der Waals surface area (Å²) in [4.78, 5) is 0. The minimum absolute atomic E-state index is 0.285. The van der Waals surface area contributed by atoms with Crippen LogP contribution in [0.25, 0.3) is 0 Å². The van der Waals surface area contributed by atoms with E-state index in [0.717, 1.165) is 12.1 Å². The molecule has 4 rings (SSSR count).